The number of anilines is 1. The maximum atomic E-state index is 5.80. The minimum absolute atomic E-state index is 0.419. The van der Waals surface area contributed by atoms with Crippen molar-refractivity contribution in [2.75, 3.05) is 5.73 Å². The minimum atomic E-state index is 0.419. The van der Waals surface area contributed by atoms with Crippen LogP contribution >= 0.6 is 11.6 Å². The molecule has 0 aliphatic carbocycles. The maximum Gasteiger partial charge on any atom is 0.130 e. The van der Waals surface area contributed by atoms with Crippen molar-refractivity contribution in [3.63, 3.8) is 0 Å². The van der Waals surface area contributed by atoms with Gasteiger partial charge >= 0.3 is 0 Å². The average Bonchev–Trinajstić information content (AvgIpc) is 2.32. The SMILES string of the molecule is Nc1cc(OCc2ccccn2)ccc1Cl. The highest BCUT2D eigenvalue weighted by Crippen LogP contribution is 2.24. The highest BCUT2D eigenvalue weighted by molar-refractivity contribution is 6.33. The van der Waals surface area contributed by atoms with Crippen molar-refractivity contribution in [1.29, 1.82) is 0 Å². The second-order valence-corrected chi connectivity index (χ2v) is 3.70. The predicted octanol–water partition coefficient (Wildman–Crippen LogP) is 2.90. The van der Waals surface area contributed by atoms with Gasteiger partial charge in [-0.05, 0) is 24.3 Å². The van der Waals surface area contributed by atoms with Crippen LogP contribution in [0.1, 0.15) is 5.69 Å². The Balaban J connectivity index is 2.03. The van der Waals surface area contributed by atoms with Crippen molar-refractivity contribution in [3.05, 3.63) is 53.3 Å². The molecule has 1 aromatic heterocycles. The molecular weight excluding hydrogens is 224 g/mol. The van der Waals surface area contributed by atoms with Gasteiger partial charge in [-0.15, -0.1) is 0 Å². The zero-order chi connectivity index (χ0) is 11.4. The van der Waals surface area contributed by atoms with Gasteiger partial charge in [0.25, 0.3) is 0 Å². The van der Waals surface area contributed by atoms with E-state index in [2.05, 4.69) is 4.98 Å². The average molecular weight is 235 g/mol. The zero-order valence-corrected chi connectivity index (χ0v) is 9.32. The Kier molecular flexibility index (Phi) is 3.27. The number of aromatic nitrogens is 1. The van der Waals surface area contributed by atoms with E-state index in [0.717, 1.165) is 5.69 Å². The van der Waals surface area contributed by atoms with Crippen LogP contribution in [0.2, 0.25) is 5.02 Å². The summed E-state index contributed by atoms with van der Waals surface area (Å²) in [4.78, 5) is 4.15. The Labute approximate surface area is 98.8 Å². The van der Waals surface area contributed by atoms with Gasteiger partial charge in [0.2, 0.25) is 0 Å². The van der Waals surface area contributed by atoms with Gasteiger partial charge in [-0.3, -0.25) is 4.98 Å². The van der Waals surface area contributed by atoms with Crippen molar-refractivity contribution in [2.24, 2.45) is 0 Å². The van der Waals surface area contributed by atoms with E-state index in [4.69, 9.17) is 22.1 Å². The molecule has 0 fully saturated rings. The molecule has 3 nitrogen and oxygen atoms in total. The molecule has 0 radical (unpaired) electrons. The first-order chi connectivity index (χ1) is 7.75. The fourth-order valence-corrected chi connectivity index (χ4v) is 1.37. The molecule has 0 aliphatic rings. The van der Waals surface area contributed by atoms with Gasteiger partial charge in [0.1, 0.15) is 12.4 Å². The molecule has 0 atom stereocenters. The smallest absolute Gasteiger partial charge is 0.130 e. The van der Waals surface area contributed by atoms with Crippen molar-refractivity contribution in [2.45, 2.75) is 6.61 Å². The first-order valence-corrected chi connectivity index (χ1v) is 5.21. The molecule has 2 aromatic rings. The Morgan fingerprint density at radius 2 is 2.12 bits per heavy atom. The fraction of sp³-hybridized carbons (Fsp3) is 0.0833. The number of hydrogen-bond acceptors (Lipinski definition) is 3. The third-order valence-corrected chi connectivity index (χ3v) is 2.42. The second-order valence-electron chi connectivity index (χ2n) is 3.29. The standard InChI is InChI=1S/C12H11ClN2O/c13-11-5-4-10(7-12(11)14)16-8-9-3-1-2-6-15-9/h1-7H,8,14H2. The van der Waals surface area contributed by atoms with Gasteiger partial charge < -0.3 is 10.5 Å². The van der Waals surface area contributed by atoms with Gasteiger partial charge in [0, 0.05) is 12.3 Å². The summed E-state index contributed by atoms with van der Waals surface area (Å²) in [6.07, 6.45) is 1.73. The van der Waals surface area contributed by atoms with E-state index in [0.29, 0.717) is 23.1 Å². The normalized spacial score (nSPS) is 10.1. The number of hydrogen-bond donors (Lipinski definition) is 1. The van der Waals surface area contributed by atoms with Crippen molar-refractivity contribution < 1.29 is 4.74 Å². The highest BCUT2D eigenvalue weighted by atomic mass is 35.5. The van der Waals surface area contributed by atoms with Gasteiger partial charge in [0.05, 0.1) is 16.4 Å². The summed E-state index contributed by atoms with van der Waals surface area (Å²) in [7, 11) is 0. The molecule has 0 spiro atoms. The molecule has 82 valence electrons. The number of ether oxygens (including phenoxy) is 1. The number of nitrogens with two attached hydrogens (primary N) is 1. The minimum Gasteiger partial charge on any atom is -0.487 e. The van der Waals surface area contributed by atoms with E-state index in [-0.39, 0.29) is 0 Å². The molecule has 1 aromatic carbocycles. The van der Waals surface area contributed by atoms with E-state index >= 15 is 0 Å². The Hall–Kier alpha value is -1.74. The van der Waals surface area contributed by atoms with E-state index < -0.39 is 0 Å². The second kappa shape index (κ2) is 4.86. The van der Waals surface area contributed by atoms with Crippen molar-refractivity contribution >= 4 is 17.3 Å². The lowest BCUT2D eigenvalue weighted by atomic mass is 10.3. The van der Waals surface area contributed by atoms with Gasteiger partial charge in [-0.25, -0.2) is 0 Å². The number of nitrogen functional groups attached to an aromatic ring is 1. The van der Waals surface area contributed by atoms with Crippen LogP contribution in [0.15, 0.2) is 42.6 Å². The van der Waals surface area contributed by atoms with Gasteiger partial charge in [-0.1, -0.05) is 17.7 Å². The van der Waals surface area contributed by atoms with E-state index in [9.17, 15) is 0 Å². The summed E-state index contributed by atoms with van der Waals surface area (Å²) in [6.45, 7) is 0.419. The molecule has 0 aliphatic heterocycles. The van der Waals surface area contributed by atoms with Gasteiger partial charge in [0.15, 0.2) is 0 Å². The Bertz CT molecular complexity index is 474. The molecule has 2 N–H and O–H groups in total. The zero-order valence-electron chi connectivity index (χ0n) is 8.56. The molecule has 0 amide bonds. The number of pyridine rings is 1. The lowest BCUT2D eigenvalue weighted by molar-refractivity contribution is 0.301. The number of benzene rings is 1. The molecule has 2 rings (SSSR count). The maximum absolute atomic E-state index is 5.80. The molecule has 16 heavy (non-hydrogen) atoms. The Morgan fingerprint density at radius 1 is 1.25 bits per heavy atom. The number of rotatable bonds is 3. The van der Waals surface area contributed by atoms with E-state index in [1.807, 2.05) is 18.2 Å². The van der Waals surface area contributed by atoms with Crippen LogP contribution in [0.3, 0.4) is 0 Å². The highest BCUT2D eigenvalue weighted by Gasteiger charge is 2.00. The van der Waals surface area contributed by atoms with Crippen LogP contribution in [0.5, 0.6) is 5.75 Å². The van der Waals surface area contributed by atoms with Crippen LogP contribution in [0.25, 0.3) is 0 Å². The quantitative estimate of drug-likeness (QED) is 0.831. The predicted molar refractivity (Wildman–Crippen MR) is 64.4 cm³/mol. The molecule has 0 unspecified atom stereocenters. The summed E-state index contributed by atoms with van der Waals surface area (Å²) < 4.78 is 5.53. The molecule has 0 bridgehead atoms. The fourth-order valence-electron chi connectivity index (χ4n) is 1.25. The number of halogens is 1. The van der Waals surface area contributed by atoms with E-state index in [1.54, 1.807) is 24.4 Å². The first kappa shape index (κ1) is 10.8. The molecule has 1 heterocycles. The van der Waals surface area contributed by atoms with Crippen LogP contribution < -0.4 is 10.5 Å². The van der Waals surface area contributed by atoms with Crippen molar-refractivity contribution in [1.82, 2.24) is 4.98 Å². The number of nitrogens with zero attached hydrogens (tertiary/aromatic N) is 1. The molecule has 4 heteroatoms. The van der Waals surface area contributed by atoms with Crippen molar-refractivity contribution in [3.8, 4) is 5.75 Å². The molecule has 0 saturated heterocycles. The van der Waals surface area contributed by atoms with Gasteiger partial charge in [-0.2, -0.15) is 0 Å². The first-order valence-electron chi connectivity index (χ1n) is 4.83. The van der Waals surface area contributed by atoms with E-state index in [1.165, 1.54) is 0 Å². The van der Waals surface area contributed by atoms with Crippen LogP contribution in [-0.2, 0) is 6.61 Å². The molecule has 0 saturated carbocycles. The lowest BCUT2D eigenvalue weighted by Gasteiger charge is -2.06. The molecular formula is C12H11ClN2O. The summed E-state index contributed by atoms with van der Waals surface area (Å²) in [5, 5.41) is 0.533. The summed E-state index contributed by atoms with van der Waals surface area (Å²) in [6, 6.07) is 10.9. The lowest BCUT2D eigenvalue weighted by Crippen LogP contribution is -1.98. The van der Waals surface area contributed by atoms with Crippen LogP contribution in [-0.4, -0.2) is 4.98 Å². The monoisotopic (exact) mass is 234 g/mol. The summed E-state index contributed by atoms with van der Waals surface area (Å²) in [5.41, 5.74) is 7.05. The van der Waals surface area contributed by atoms with Crippen LogP contribution in [0, 0.1) is 0 Å². The third-order valence-electron chi connectivity index (χ3n) is 2.08. The summed E-state index contributed by atoms with van der Waals surface area (Å²) >= 11 is 5.80. The summed E-state index contributed by atoms with van der Waals surface area (Å²) in [5.74, 6) is 0.688. The largest absolute Gasteiger partial charge is 0.487 e. The van der Waals surface area contributed by atoms with Crippen LogP contribution in [0.4, 0.5) is 5.69 Å². The topological polar surface area (TPSA) is 48.1 Å². The third kappa shape index (κ3) is 2.64. The Morgan fingerprint density at radius 3 is 2.81 bits per heavy atom.